The maximum Gasteiger partial charge on any atom is 0.143 e. The molecule has 0 atom stereocenters. The molecule has 0 fully saturated rings. The lowest BCUT2D eigenvalue weighted by Crippen LogP contribution is -2.02. The monoisotopic (exact) mass is 300 g/mol. The second-order valence-corrected chi connectivity index (χ2v) is 4.91. The molecule has 0 aliphatic carbocycles. The van der Waals surface area contributed by atoms with Gasteiger partial charge in [-0.1, -0.05) is 17.7 Å². The Balaban J connectivity index is 1.84. The highest BCUT2D eigenvalue weighted by molar-refractivity contribution is 6.30. The van der Waals surface area contributed by atoms with E-state index in [2.05, 4.69) is 10.3 Å². The second-order valence-electron chi connectivity index (χ2n) is 4.47. The summed E-state index contributed by atoms with van der Waals surface area (Å²) in [6.07, 6.45) is 3.59. The fourth-order valence-corrected chi connectivity index (χ4v) is 2.24. The maximum absolute atomic E-state index is 13.5. The lowest BCUT2D eigenvalue weighted by atomic mass is 10.2. The van der Waals surface area contributed by atoms with E-state index < -0.39 is 5.82 Å². The van der Waals surface area contributed by atoms with Crippen LogP contribution in [-0.2, 0) is 6.54 Å². The number of anilines is 1. The normalized spacial score (nSPS) is 10.5. The topological polar surface area (TPSA) is 53.1 Å². The fourth-order valence-electron chi connectivity index (χ4n) is 2.07. The van der Waals surface area contributed by atoms with Crippen LogP contribution in [0.15, 0.2) is 42.7 Å². The molecule has 0 saturated carbocycles. The van der Waals surface area contributed by atoms with Crippen molar-refractivity contribution in [3.8, 4) is 6.07 Å². The number of fused-ring (bicyclic) bond motifs is 1. The van der Waals surface area contributed by atoms with Gasteiger partial charge in [-0.05, 0) is 24.3 Å². The molecule has 1 aromatic carbocycles. The first kappa shape index (κ1) is 13.4. The first-order valence-corrected chi connectivity index (χ1v) is 6.61. The van der Waals surface area contributed by atoms with E-state index in [0.29, 0.717) is 17.3 Å². The van der Waals surface area contributed by atoms with E-state index in [4.69, 9.17) is 16.9 Å². The Morgan fingerprint density at radius 3 is 2.95 bits per heavy atom. The van der Waals surface area contributed by atoms with Crippen LogP contribution in [0.1, 0.15) is 11.3 Å². The molecule has 21 heavy (non-hydrogen) atoms. The van der Waals surface area contributed by atoms with Gasteiger partial charge in [0.25, 0.3) is 0 Å². The number of halogens is 2. The highest BCUT2D eigenvalue weighted by atomic mass is 35.5. The fraction of sp³-hybridized carbons (Fsp3) is 0.0667. The summed E-state index contributed by atoms with van der Waals surface area (Å²) in [6.45, 7) is 0.386. The van der Waals surface area contributed by atoms with Crippen LogP contribution >= 0.6 is 11.6 Å². The molecule has 0 spiro atoms. The second kappa shape index (κ2) is 5.43. The van der Waals surface area contributed by atoms with Crippen LogP contribution in [0, 0.1) is 17.1 Å². The number of benzene rings is 1. The third-order valence-electron chi connectivity index (χ3n) is 3.05. The highest BCUT2D eigenvalue weighted by Crippen LogP contribution is 2.19. The van der Waals surface area contributed by atoms with E-state index in [0.717, 1.165) is 11.3 Å². The van der Waals surface area contributed by atoms with Crippen molar-refractivity contribution in [1.82, 2.24) is 9.38 Å². The molecule has 2 heterocycles. The molecule has 0 radical (unpaired) electrons. The highest BCUT2D eigenvalue weighted by Gasteiger charge is 2.08. The standard InChI is InChI=1S/C15H10ClFN4/c16-10-4-5-15-20-11(9-21(15)8-10)7-19-14-3-1-2-13(17)12(14)6-18/h1-5,8-9,19H,7H2. The van der Waals surface area contributed by atoms with Crippen LogP contribution in [0.4, 0.5) is 10.1 Å². The zero-order valence-electron chi connectivity index (χ0n) is 10.8. The summed E-state index contributed by atoms with van der Waals surface area (Å²) in [5.74, 6) is -0.538. The molecule has 6 heteroatoms. The Hall–Kier alpha value is -2.58. The Morgan fingerprint density at radius 2 is 2.14 bits per heavy atom. The van der Waals surface area contributed by atoms with Crippen LogP contribution in [0.5, 0.6) is 0 Å². The van der Waals surface area contributed by atoms with Crippen LogP contribution in [0.2, 0.25) is 5.02 Å². The number of aromatic nitrogens is 2. The Kier molecular flexibility index (Phi) is 3.46. The molecule has 0 amide bonds. The van der Waals surface area contributed by atoms with Crippen molar-refractivity contribution in [3.63, 3.8) is 0 Å². The van der Waals surface area contributed by atoms with Crippen molar-refractivity contribution in [3.05, 3.63) is 64.8 Å². The minimum Gasteiger partial charge on any atom is -0.378 e. The van der Waals surface area contributed by atoms with Crippen molar-refractivity contribution in [2.24, 2.45) is 0 Å². The molecule has 0 bridgehead atoms. The van der Waals surface area contributed by atoms with Gasteiger partial charge in [0.05, 0.1) is 22.9 Å². The Labute approximate surface area is 125 Å². The molecule has 0 saturated heterocycles. The van der Waals surface area contributed by atoms with Crippen molar-refractivity contribution in [1.29, 1.82) is 5.26 Å². The van der Waals surface area contributed by atoms with Gasteiger partial charge in [-0.25, -0.2) is 9.37 Å². The number of nitrogens with one attached hydrogen (secondary N) is 1. The molecule has 1 N–H and O–H groups in total. The number of imidazole rings is 1. The van der Waals surface area contributed by atoms with E-state index in [1.54, 1.807) is 24.4 Å². The third-order valence-corrected chi connectivity index (χ3v) is 3.27. The van der Waals surface area contributed by atoms with Crippen molar-refractivity contribution < 1.29 is 4.39 Å². The summed E-state index contributed by atoms with van der Waals surface area (Å²) in [5.41, 5.74) is 2.00. The number of pyridine rings is 1. The zero-order chi connectivity index (χ0) is 14.8. The summed E-state index contributed by atoms with van der Waals surface area (Å²) in [4.78, 5) is 4.41. The minimum absolute atomic E-state index is 0.00399. The first-order valence-electron chi connectivity index (χ1n) is 6.23. The van der Waals surface area contributed by atoms with Gasteiger partial charge >= 0.3 is 0 Å². The van der Waals surface area contributed by atoms with Gasteiger partial charge in [0.2, 0.25) is 0 Å². The minimum atomic E-state index is -0.538. The molecule has 4 nitrogen and oxygen atoms in total. The number of rotatable bonds is 3. The molecule has 0 aliphatic heterocycles. The summed E-state index contributed by atoms with van der Waals surface area (Å²) in [6, 6.07) is 9.91. The van der Waals surface area contributed by atoms with Gasteiger partial charge in [-0.15, -0.1) is 0 Å². The van der Waals surface area contributed by atoms with Gasteiger partial charge in [0.1, 0.15) is 23.1 Å². The Bertz CT molecular complexity index is 850. The van der Waals surface area contributed by atoms with Gasteiger partial charge in [0.15, 0.2) is 0 Å². The predicted molar refractivity (Wildman–Crippen MR) is 78.6 cm³/mol. The van der Waals surface area contributed by atoms with E-state index in [1.165, 1.54) is 6.07 Å². The zero-order valence-corrected chi connectivity index (χ0v) is 11.6. The molecular weight excluding hydrogens is 291 g/mol. The molecule has 0 unspecified atom stereocenters. The number of nitriles is 1. The molecule has 3 aromatic rings. The van der Waals surface area contributed by atoms with E-state index >= 15 is 0 Å². The summed E-state index contributed by atoms with van der Waals surface area (Å²) >= 11 is 5.92. The van der Waals surface area contributed by atoms with Gasteiger partial charge in [-0.3, -0.25) is 0 Å². The predicted octanol–water partition coefficient (Wildman–Crippen LogP) is 3.61. The number of hydrogen-bond donors (Lipinski definition) is 1. The molecule has 2 aromatic heterocycles. The summed E-state index contributed by atoms with van der Waals surface area (Å²) in [5, 5.41) is 12.6. The molecule has 104 valence electrons. The SMILES string of the molecule is N#Cc1c(F)cccc1NCc1cn2cc(Cl)ccc2n1. The van der Waals surface area contributed by atoms with Crippen LogP contribution < -0.4 is 5.32 Å². The Morgan fingerprint density at radius 1 is 1.29 bits per heavy atom. The van der Waals surface area contributed by atoms with Crippen molar-refractivity contribution in [2.75, 3.05) is 5.32 Å². The first-order chi connectivity index (χ1) is 10.2. The van der Waals surface area contributed by atoms with Crippen LogP contribution in [0.3, 0.4) is 0 Å². The van der Waals surface area contributed by atoms with Crippen molar-refractivity contribution in [2.45, 2.75) is 6.54 Å². The lowest BCUT2D eigenvalue weighted by Gasteiger charge is -2.06. The smallest absolute Gasteiger partial charge is 0.143 e. The van der Waals surface area contributed by atoms with E-state index in [-0.39, 0.29) is 5.56 Å². The lowest BCUT2D eigenvalue weighted by molar-refractivity contribution is 0.624. The largest absolute Gasteiger partial charge is 0.378 e. The quantitative estimate of drug-likeness (QED) is 0.804. The maximum atomic E-state index is 13.5. The number of nitrogens with zero attached hydrogens (tertiary/aromatic N) is 3. The average Bonchev–Trinajstić information content (AvgIpc) is 2.87. The van der Waals surface area contributed by atoms with E-state index in [9.17, 15) is 4.39 Å². The molecule has 3 rings (SSSR count). The van der Waals surface area contributed by atoms with Gasteiger partial charge < -0.3 is 9.72 Å². The summed E-state index contributed by atoms with van der Waals surface area (Å²) < 4.78 is 15.3. The summed E-state index contributed by atoms with van der Waals surface area (Å²) in [7, 11) is 0. The third kappa shape index (κ3) is 2.67. The van der Waals surface area contributed by atoms with Gasteiger partial charge in [0, 0.05) is 12.4 Å². The van der Waals surface area contributed by atoms with E-state index in [1.807, 2.05) is 22.7 Å². The average molecular weight is 301 g/mol. The van der Waals surface area contributed by atoms with Crippen LogP contribution in [0.25, 0.3) is 5.65 Å². The number of hydrogen-bond acceptors (Lipinski definition) is 3. The van der Waals surface area contributed by atoms with Gasteiger partial charge in [-0.2, -0.15) is 5.26 Å². The molecular formula is C15H10ClFN4. The van der Waals surface area contributed by atoms with Crippen LogP contribution in [-0.4, -0.2) is 9.38 Å². The van der Waals surface area contributed by atoms with Crippen molar-refractivity contribution >= 4 is 22.9 Å². The molecule has 0 aliphatic rings.